The maximum atomic E-state index is 12.4. The third kappa shape index (κ3) is 2.96. The number of hydrogen-bond acceptors (Lipinski definition) is 4. The van der Waals surface area contributed by atoms with Gasteiger partial charge in [0.2, 0.25) is 0 Å². The fourth-order valence-corrected chi connectivity index (χ4v) is 3.25. The van der Waals surface area contributed by atoms with Gasteiger partial charge in [-0.3, -0.25) is 9.88 Å². The summed E-state index contributed by atoms with van der Waals surface area (Å²) in [6.07, 6.45) is 6.15. The van der Waals surface area contributed by atoms with Gasteiger partial charge in [0.1, 0.15) is 17.5 Å². The first-order chi connectivity index (χ1) is 9.94. The molecule has 3 rings (SSSR count). The second-order valence-electron chi connectivity index (χ2n) is 6.77. The summed E-state index contributed by atoms with van der Waals surface area (Å²) in [6.45, 7) is 5.69. The first kappa shape index (κ1) is 14.2. The molecule has 2 saturated heterocycles. The lowest BCUT2D eigenvalue weighted by atomic mass is 9.98. The monoisotopic (exact) mass is 290 g/mol. The number of hydrogen-bond donors (Lipinski definition) is 0. The van der Waals surface area contributed by atoms with Crippen molar-refractivity contribution in [1.82, 2.24) is 9.88 Å². The van der Waals surface area contributed by atoms with Gasteiger partial charge in [-0.1, -0.05) is 0 Å². The van der Waals surface area contributed by atoms with Crippen LogP contribution in [-0.4, -0.2) is 39.8 Å². The summed E-state index contributed by atoms with van der Waals surface area (Å²) in [5.74, 6) is 0.763. The van der Waals surface area contributed by atoms with Crippen LogP contribution in [0.25, 0.3) is 0 Å². The predicted octanol–water partition coefficient (Wildman–Crippen LogP) is 3.00. The van der Waals surface area contributed by atoms with Crippen molar-refractivity contribution in [2.24, 2.45) is 0 Å². The molecule has 2 aliphatic heterocycles. The Morgan fingerprint density at radius 1 is 1.38 bits per heavy atom. The fraction of sp³-hybridized carbons (Fsp3) is 0.625. The Kier molecular flexibility index (Phi) is 3.51. The Labute approximate surface area is 125 Å². The minimum Gasteiger partial charge on any atom is -0.487 e. The van der Waals surface area contributed by atoms with Crippen molar-refractivity contribution in [3.05, 3.63) is 24.5 Å². The van der Waals surface area contributed by atoms with Gasteiger partial charge in [-0.15, -0.1) is 0 Å². The molecule has 0 aliphatic carbocycles. The zero-order valence-electron chi connectivity index (χ0n) is 12.8. The molecule has 5 nitrogen and oxygen atoms in total. The van der Waals surface area contributed by atoms with E-state index in [1.807, 2.05) is 37.8 Å². The van der Waals surface area contributed by atoms with Gasteiger partial charge in [0.25, 0.3) is 0 Å². The molecule has 3 atom stereocenters. The zero-order valence-corrected chi connectivity index (χ0v) is 12.8. The largest absolute Gasteiger partial charge is 0.487 e. The first-order valence-electron chi connectivity index (χ1n) is 7.52. The van der Waals surface area contributed by atoms with E-state index in [0.29, 0.717) is 0 Å². The molecule has 114 valence electrons. The van der Waals surface area contributed by atoms with Crippen molar-refractivity contribution in [2.75, 3.05) is 0 Å². The molecule has 1 aromatic rings. The van der Waals surface area contributed by atoms with Gasteiger partial charge in [-0.05, 0) is 45.7 Å². The molecule has 21 heavy (non-hydrogen) atoms. The Bertz CT molecular complexity index is 512. The van der Waals surface area contributed by atoms with E-state index in [4.69, 9.17) is 9.47 Å². The van der Waals surface area contributed by atoms with E-state index in [2.05, 4.69) is 4.98 Å². The number of nitrogens with zero attached hydrogens (tertiary/aromatic N) is 2. The summed E-state index contributed by atoms with van der Waals surface area (Å²) >= 11 is 0. The minimum atomic E-state index is -0.460. The van der Waals surface area contributed by atoms with E-state index in [0.717, 1.165) is 25.0 Å². The zero-order chi connectivity index (χ0) is 15.0. The highest BCUT2D eigenvalue weighted by Crippen LogP contribution is 2.40. The van der Waals surface area contributed by atoms with Crippen molar-refractivity contribution in [1.29, 1.82) is 0 Å². The molecule has 2 fully saturated rings. The van der Waals surface area contributed by atoms with E-state index >= 15 is 0 Å². The van der Waals surface area contributed by atoms with Crippen LogP contribution in [0.3, 0.4) is 0 Å². The van der Waals surface area contributed by atoms with Gasteiger partial charge in [-0.25, -0.2) is 4.79 Å². The summed E-state index contributed by atoms with van der Waals surface area (Å²) < 4.78 is 11.5. The van der Waals surface area contributed by atoms with Crippen LogP contribution in [0.1, 0.15) is 40.0 Å². The van der Waals surface area contributed by atoms with Crippen LogP contribution < -0.4 is 4.74 Å². The molecule has 2 aliphatic rings. The quantitative estimate of drug-likeness (QED) is 0.840. The molecule has 3 heterocycles. The molecule has 0 N–H and O–H groups in total. The van der Waals surface area contributed by atoms with Crippen molar-refractivity contribution >= 4 is 6.09 Å². The Morgan fingerprint density at radius 2 is 2.19 bits per heavy atom. The molecule has 0 spiro atoms. The number of pyridine rings is 1. The highest BCUT2D eigenvalue weighted by Gasteiger charge is 2.51. The minimum absolute atomic E-state index is 0.0421. The van der Waals surface area contributed by atoms with Crippen LogP contribution in [0.5, 0.6) is 5.75 Å². The van der Waals surface area contributed by atoms with Gasteiger partial charge in [0, 0.05) is 18.7 Å². The van der Waals surface area contributed by atoms with E-state index in [1.165, 1.54) is 0 Å². The van der Waals surface area contributed by atoms with Crippen LogP contribution in [-0.2, 0) is 4.74 Å². The lowest BCUT2D eigenvalue weighted by Gasteiger charge is -2.28. The average molecular weight is 290 g/mol. The van der Waals surface area contributed by atoms with Gasteiger partial charge in [-0.2, -0.15) is 0 Å². The molecule has 0 unspecified atom stereocenters. The number of carbonyl (C=O) groups is 1. The Hall–Kier alpha value is -1.78. The van der Waals surface area contributed by atoms with Crippen LogP contribution in [0.2, 0.25) is 0 Å². The molecule has 1 aromatic heterocycles. The van der Waals surface area contributed by atoms with Gasteiger partial charge in [0.15, 0.2) is 0 Å². The average Bonchev–Trinajstić information content (AvgIpc) is 2.95. The van der Waals surface area contributed by atoms with Crippen LogP contribution in [0.4, 0.5) is 4.79 Å². The lowest BCUT2D eigenvalue weighted by molar-refractivity contribution is 0.0182. The molecule has 0 aromatic carbocycles. The van der Waals surface area contributed by atoms with Gasteiger partial charge < -0.3 is 9.47 Å². The Morgan fingerprint density at radius 3 is 2.86 bits per heavy atom. The van der Waals surface area contributed by atoms with E-state index in [1.54, 1.807) is 12.4 Å². The third-order valence-corrected chi connectivity index (χ3v) is 4.01. The summed E-state index contributed by atoms with van der Waals surface area (Å²) in [6, 6.07) is 4.11. The molecular weight excluding hydrogens is 268 g/mol. The van der Waals surface area contributed by atoms with Crippen LogP contribution in [0.15, 0.2) is 24.5 Å². The maximum Gasteiger partial charge on any atom is 0.410 e. The molecule has 0 saturated carbocycles. The van der Waals surface area contributed by atoms with Gasteiger partial charge in [0.05, 0.1) is 12.2 Å². The van der Waals surface area contributed by atoms with Crippen LogP contribution in [0, 0.1) is 0 Å². The lowest BCUT2D eigenvalue weighted by Crippen LogP contribution is -2.42. The topological polar surface area (TPSA) is 51.7 Å². The summed E-state index contributed by atoms with van der Waals surface area (Å²) in [5.41, 5.74) is -0.460. The van der Waals surface area contributed by atoms with E-state index in [9.17, 15) is 4.79 Å². The third-order valence-electron chi connectivity index (χ3n) is 4.01. The standard InChI is InChI=1S/C16H22N2O3/c1-16(2,3)21-15(19)18-11-6-7-13(18)14(9-11)20-12-5-4-8-17-10-12/h4-5,8,10-11,13-14H,6-7,9H2,1-3H3/t11-,13+,14-/m0/s1. The number of amides is 1. The highest BCUT2D eigenvalue weighted by molar-refractivity contribution is 5.70. The van der Waals surface area contributed by atoms with Crippen molar-refractivity contribution in [3.63, 3.8) is 0 Å². The van der Waals surface area contributed by atoms with Gasteiger partial charge >= 0.3 is 6.09 Å². The van der Waals surface area contributed by atoms with Crippen molar-refractivity contribution < 1.29 is 14.3 Å². The second-order valence-corrected chi connectivity index (χ2v) is 6.77. The Balaban J connectivity index is 1.68. The van der Waals surface area contributed by atoms with Crippen LogP contribution >= 0.6 is 0 Å². The number of rotatable bonds is 2. The van der Waals surface area contributed by atoms with E-state index < -0.39 is 5.60 Å². The fourth-order valence-electron chi connectivity index (χ4n) is 3.25. The van der Waals surface area contributed by atoms with Crippen molar-refractivity contribution in [2.45, 2.75) is 63.8 Å². The first-order valence-corrected chi connectivity index (χ1v) is 7.52. The summed E-state index contributed by atoms with van der Waals surface area (Å²) in [4.78, 5) is 18.3. The SMILES string of the molecule is CC(C)(C)OC(=O)N1[C@H]2CC[C@@H]1[C@@H](Oc1cccnc1)C2. The summed E-state index contributed by atoms with van der Waals surface area (Å²) in [5, 5.41) is 0. The number of carbonyl (C=O) groups excluding carboxylic acids is 1. The molecular formula is C16H22N2O3. The molecule has 5 heteroatoms. The number of aromatic nitrogens is 1. The molecule has 1 amide bonds. The predicted molar refractivity (Wildman–Crippen MR) is 78.2 cm³/mol. The molecule has 0 radical (unpaired) electrons. The van der Waals surface area contributed by atoms with E-state index in [-0.39, 0.29) is 24.3 Å². The number of ether oxygens (including phenoxy) is 2. The highest BCUT2D eigenvalue weighted by atomic mass is 16.6. The second kappa shape index (κ2) is 5.20. The van der Waals surface area contributed by atoms with Crippen molar-refractivity contribution in [3.8, 4) is 5.75 Å². The summed E-state index contributed by atoms with van der Waals surface area (Å²) in [7, 11) is 0. The maximum absolute atomic E-state index is 12.4. The smallest absolute Gasteiger partial charge is 0.410 e. The normalized spacial score (nSPS) is 27.8. The number of fused-ring (bicyclic) bond motifs is 2. The molecule has 2 bridgehead atoms.